The van der Waals surface area contributed by atoms with E-state index in [1.165, 1.54) is 14.2 Å². The van der Waals surface area contributed by atoms with E-state index in [4.69, 9.17) is 9.47 Å². The zero-order chi connectivity index (χ0) is 18.8. The number of phenolic OH excluding ortho intramolecular Hbond substituents is 2. The Morgan fingerprint density at radius 2 is 1.65 bits per heavy atom. The molecule has 0 radical (unpaired) electrons. The minimum Gasteiger partial charge on any atom is -0.504 e. The Morgan fingerprint density at radius 3 is 2.27 bits per heavy atom. The largest absolute Gasteiger partial charge is 0.504 e. The molecule has 6 heteroatoms. The summed E-state index contributed by atoms with van der Waals surface area (Å²) >= 11 is 0. The summed E-state index contributed by atoms with van der Waals surface area (Å²) in [6, 6.07) is 8.58. The number of rotatable bonds is 4. The number of hydrogen-bond acceptors (Lipinski definition) is 6. The first-order valence-electron chi connectivity index (χ1n) is 8.40. The van der Waals surface area contributed by atoms with E-state index in [1.807, 2.05) is 13.0 Å². The molecule has 1 atom stereocenters. The summed E-state index contributed by atoms with van der Waals surface area (Å²) in [4.78, 5) is 0. The molecule has 0 amide bonds. The van der Waals surface area contributed by atoms with E-state index in [0.29, 0.717) is 22.8 Å². The van der Waals surface area contributed by atoms with Crippen LogP contribution in [0.25, 0.3) is 0 Å². The van der Waals surface area contributed by atoms with Gasteiger partial charge in [0.05, 0.1) is 14.2 Å². The fourth-order valence-electron chi connectivity index (χ4n) is 3.28. The van der Waals surface area contributed by atoms with E-state index in [9.17, 15) is 10.2 Å². The molecule has 0 unspecified atom stereocenters. The SMILES string of the molecule is CC[C@@H]1C(C)=NN=C(c2ccc(OC)c(O)c2)c2cc(OC)c(O)cc21. The van der Waals surface area contributed by atoms with Gasteiger partial charge in [0, 0.05) is 22.8 Å². The first kappa shape index (κ1) is 17.8. The summed E-state index contributed by atoms with van der Waals surface area (Å²) in [5.41, 5.74) is 3.92. The Kier molecular flexibility index (Phi) is 4.84. The molecule has 6 nitrogen and oxygen atoms in total. The Morgan fingerprint density at radius 1 is 0.962 bits per heavy atom. The van der Waals surface area contributed by atoms with Gasteiger partial charge in [-0.2, -0.15) is 5.10 Å². The molecule has 3 rings (SSSR count). The number of nitrogens with zero attached hydrogens (tertiary/aromatic N) is 2. The maximum absolute atomic E-state index is 10.3. The highest BCUT2D eigenvalue weighted by atomic mass is 16.5. The van der Waals surface area contributed by atoms with Crippen LogP contribution in [-0.2, 0) is 0 Å². The molecule has 2 aromatic carbocycles. The second kappa shape index (κ2) is 7.07. The average molecular weight is 354 g/mol. The highest BCUT2D eigenvalue weighted by Gasteiger charge is 2.26. The topological polar surface area (TPSA) is 83.6 Å². The van der Waals surface area contributed by atoms with Gasteiger partial charge < -0.3 is 19.7 Å². The molecule has 2 N–H and O–H groups in total. The van der Waals surface area contributed by atoms with Crippen molar-refractivity contribution in [3.63, 3.8) is 0 Å². The third-order valence-electron chi connectivity index (χ3n) is 4.65. The van der Waals surface area contributed by atoms with Crippen LogP contribution >= 0.6 is 0 Å². The molecule has 136 valence electrons. The van der Waals surface area contributed by atoms with Gasteiger partial charge in [-0.25, -0.2) is 0 Å². The average Bonchev–Trinajstić information content (AvgIpc) is 2.76. The molecule has 0 spiro atoms. The van der Waals surface area contributed by atoms with Crippen LogP contribution in [0.3, 0.4) is 0 Å². The number of phenols is 2. The standard InChI is InChI=1S/C20H22N2O4/c1-5-13-11(2)21-22-20(12-6-7-18(25-3)16(23)8-12)15-10-19(26-4)17(24)9-14(13)15/h6-10,13,23-24H,5H2,1-4H3/t13-/m1/s1. The lowest BCUT2D eigenvalue weighted by Crippen LogP contribution is -2.12. The van der Waals surface area contributed by atoms with Crippen molar-refractivity contribution in [2.24, 2.45) is 10.2 Å². The van der Waals surface area contributed by atoms with Crippen molar-refractivity contribution in [2.75, 3.05) is 14.2 Å². The van der Waals surface area contributed by atoms with Crippen molar-refractivity contribution < 1.29 is 19.7 Å². The number of aromatic hydroxyl groups is 2. The highest BCUT2D eigenvalue weighted by molar-refractivity contribution is 6.16. The monoisotopic (exact) mass is 354 g/mol. The van der Waals surface area contributed by atoms with Crippen molar-refractivity contribution in [2.45, 2.75) is 26.2 Å². The molecule has 1 aliphatic rings. The van der Waals surface area contributed by atoms with Gasteiger partial charge in [-0.05, 0) is 49.2 Å². The summed E-state index contributed by atoms with van der Waals surface area (Å²) in [7, 11) is 3.01. The van der Waals surface area contributed by atoms with E-state index in [0.717, 1.165) is 23.3 Å². The predicted octanol–water partition coefficient (Wildman–Crippen LogP) is 3.84. The second-order valence-electron chi connectivity index (χ2n) is 6.15. The van der Waals surface area contributed by atoms with Crippen LogP contribution in [0.5, 0.6) is 23.0 Å². The van der Waals surface area contributed by atoms with Gasteiger partial charge >= 0.3 is 0 Å². The van der Waals surface area contributed by atoms with Crippen molar-refractivity contribution in [3.05, 3.63) is 47.0 Å². The van der Waals surface area contributed by atoms with Gasteiger partial charge in [0.1, 0.15) is 5.71 Å². The molecular formula is C20H22N2O4. The van der Waals surface area contributed by atoms with Crippen LogP contribution in [0.4, 0.5) is 0 Å². The van der Waals surface area contributed by atoms with Crippen molar-refractivity contribution in [3.8, 4) is 23.0 Å². The molecule has 0 saturated carbocycles. The van der Waals surface area contributed by atoms with E-state index in [1.54, 1.807) is 24.3 Å². The summed E-state index contributed by atoms with van der Waals surface area (Å²) in [5, 5.41) is 29.2. The van der Waals surface area contributed by atoms with Crippen LogP contribution in [0.15, 0.2) is 40.5 Å². The quantitative estimate of drug-likeness (QED) is 0.874. The number of methoxy groups -OCH3 is 2. The van der Waals surface area contributed by atoms with Gasteiger partial charge in [0.15, 0.2) is 23.0 Å². The molecule has 2 aromatic rings. The molecule has 0 saturated heterocycles. The number of fused-ring (bicyclic) bond motifs is 1. The van der Waals surface area contributed by atoms with Crippen LogP contribution in [0.2, 0.25) is 0 Å². The zero-order valence-corrected chi connectivity index (χ0v) is 15.3. The van der Waals surface area contributed by atoms with Crippen LogP contribution in [-0.4, -0.2) is 35.9 Å². The minimum atomic E-state index is 0.0250. The van der Waals surface area contributed by atoms with Crippen LogP contribution < -0.4 is 9.47 Å². The lowest BCUT2D eigenvalue weighted by molar-refractivity contribution is 0.373. The molecule has 0 bridgehead atoms. The van der Waals surface area contributed by atoms with Gasteiger partial charge in [-0.15, -0.1) is 5.10 Å². The smallest absolute Gasteiger partial charge is 0.161 e. The maximum atomic E-state index is 10.3. The molecule has 26 heavy (non-hydrogen) atoms. The van der Waals surface area contributed by atoms with Crippen LogP contribution in [0, 0.1) is 0 Å². The van der Waals surface area contributed by atoms with Gasteiger partial charge in [-0.1, -0.05) is 6.92 Å². The Bertz CT molecular complexity index is 903. The molecule has 1 aliphatic heterocycles. The van der Waals surface area contributed by atoms with Gasteiger partial charge in [0.25, 0.3) is 0 Å². The Balaban J connectivity index is 2.25. The Labute approximate surface area is 152 Å². The number of ether oxygens (including phenoxy) is 2. The zero-order valence-electron chi connectivity index (χ0n) is 15.3. The van der Waals surface area contributed by atoms with Crippen molar-refractivity contribution in [1.29, 1.82) is 0 Å². The summed E-state index contributed by atoms with van der Waals surface area (Å²) in [6.07, 6.45) is 0.824. The summed E-state index contributed by atoms with van der Waals surface area (Å²) in [5.74, 6) is 0.893. The second-order valence-corrected chi connectivity index (χ2v) is 6.15. The molecule has 0 aromatic heterocycles. The van der Waals surface area contributed by atoms with E-state index in [2.05, 4.69) is 17.1 Å². The number of benzene rings is 2. The fraction of sp³-hybridized carbons (Fsp3) is 0.300. The lowest BCUT2D eigenvalue weighted by Gasteiger charge is -2.19. The lowest BCUT2D eigenvalue weighted by atomic mass is 9.85. The Hall–Kier alpha value is -3.02. The number of hydrogen-bond donors (Lipinski definition) is 2. The normalized spacial score (nSPS) is 16.2. The van der Waals surface area contributed by atoms with Gasteiger partial charge in [0.2, 0.25) is 0 Å². The van der Waals surface area contributed by atoms with Gasteiger partial charge in [-0.3, -0.25) is 0 Å². The summed E-state index contributed by atoms with van der Waals surface area (Å²) in [6.45, 7) is 4.00. The molecule has 0 aliphatic carbocycles. The third-order valence-corrected chi connectivity index (χ3v) is 4.65. The highest BCUT2D eigenvalue weighted by Crippen LogP contribution is 2.38. The van der Waals surface area contributed by atoms with Crippen LogP contribution in [0.1, 0.15) is 42.9 Å². The van der Waals surface area contributed by atoms with E-state index < -0.39 is 0 Å². The minimum absolute atomic E-state index is 0.0250. The first-order chi connectivity index (χ1) is 12.5. The summed E-state index contributed by atoms with van der Waals surface area (Å²) < 4.78 is 10.4. The fourth-order valence-corrected chi connectivity index (χ4v) is 3.28. The molecule has 0 fully saturated rings. The van der Waals surface area contributed by atoms with Crippen molar-refractivity contribution in [1.82, 2.24) is 0 Å². The van der Waals surface area contributed by atoms with Crippen molar-refractivity contribution >= 4 is 11.4 Å². The maximum Gasteiger partial charge on any atom is 0.161 e. The van der Waals surface area contributed by atoms with E-state index in [-0.39, 0.29) is 17.4 Å². The molecular weight excluding hydrogens is 332 g/mol. The predicted molar refractivity (Wildman–Crippen MR) is 101 cm³/mol. The third kappa shape index (κ3) is 2.98. The molecule has 1 heterocycles. The van der Waals surface area contributed by atoms with E-state index >= 15 is 0 Å². The first-order valence-corrected chi connectivity index (χ1v) is 8.40.